The van der Waals surface area contributed by atoms with Crippen molar-refractivity contribution in [1.29, 1.82) is 0 Å². The van der Waals surface area contributed by atoms with Crippen molar-refractivity contribution in [1.82, 2.24) is 10.6 Å². The Balaban J connectivity index is -0.00000924. The number of hydrogen-bond acceptors (Lipinski definition) is 8. The number of rotatable bonds is 28. The molecule has 0 spiro atoms. The van der Waals surface area contributed by atoms with E-state index in [2.05, 4.69) is 24.5 Å². The minimum Gasteiger partial charge on any atom is -1.00 e. The number of nitrogens with one attached hydrogen (secondary N) is 2. The van der Waals surface area contributed by atoms with Crippen LogP contribution in [0.2, 0.25) is 0 Å². The average molecular weight is 673 g/mol. The molecule has 0 aromatic rings. The van der Waals surface area contributed by atoms with E-state index in [1.54, 1.807) is 0 Å². The van der Waals surface area contributed by atoms with E-state index in [1.807, 2.05) is 0 Å². The van der Waals surface area contributed by atoms with Crippen LogP contribution in [0.25, 0.3) is 0 Å². The van der Waals surface area contributed by atoms with Crippen LogP contribution in [0.1, 0.15) is 164 Å². The zero-order valence-corrected chi connectivity index (χ0v) is 31.5. The summed E-state index contributed by atoms with van der Waals surface area (Å²) in [6.45, 7) is 7.11. The molecule has 45 heavy (non-hydrogen) atoms. The van der Waals surface area contributed by atoms with Gasteiger partial charge < -0.3 is 21.5 Å². The van der Waals surface area contributed by atoms with Crippen molar-refractivity contribution in [2.45, 2.75) is 180 Å². The number of hydrogen-bond donors (Lipinski definition) is 3. The maximum atomic E-state index is 12.5. The molecule has 0 rings (SSSR count). The third kappa shape index (κ3) is 27.6. The monoisotopic (exact) mass is 672 g/mol. The first-order chi connectivity index (χ1) is 20.9. The number of carbonyl (C=O) groups is 4. The first kappa shape index (κ1) is 45.9. The molecule has 3 N–H and O–H groups in total. The molecule has 0 aliphatic heterocycles. The first-order valence-electron chi connectivity index (χ1n) is 16.9. The maximum absolute atomic E-state index is 12.5. The second kappa shape index (κ2) is 29.0. The Morgan fingerprint density at radius 1 is 0.622 bits per heavy atom. The standard InChI is InChI=1S/C32H60N2O9S.Na.H/c1-5-7-9-11-13-15-17-19-21-23-29(35)33-26(3)42-31(37)25-28(44(39,40)41)32(38)43-27(4)34-30(36)24-22-20-18-16-14-12-10-8-6-2;;/h26-28H,5-25H2,1-4H3,(H,33,35)(H,34,36)(H,39,40,41);;/q;+1;-1. The van der Waals surface area contributed by atoms with Crippen LogP contribution in [0.15, 0.2) is 0 Å². The third-order valence-electron chi connectivity index (χ3n) is 7.32. The van der Waals surface area contributed by atoms with Gasteiger partial charge in [-0.15, -0.1) is 0 Å². The number of esters is 2. The van der Waals surface area contributed by atoms with Gasteiger partial charge in [0.2, 0.25) is 11.8 Å². The first-order valence-corrected chi connectivity index (χ1v) is 18.4. The molecule has 0 radical (unpaired) electrons. The summed E-state index contributed by atoms with van der Waals surface area (Å²) in [6.07, 6.45) is 17.1. The predicted octanol–water partition coefficient (Wildman–Crippen LogP) is 3.60. The van der Waals surface area contributed by atoms with Crippen molar-refractivity contribution in [2.75, 3.05) is 0 Å². The van der Waals surface area contributed by atoms with Gasteiger partial charge in [-0.2, -0.15) is 8.42 Å². The Kier molecular flexibility index (Phi) is 29.6. The Labute approximate surface area is 296 Å². The SMILES string of the molecule is CCCCCCCCCCCC(=O)NC(C)OC(=O)CC(C(=O)OC(C)NC(=O)CCCCCCCCCCC)S(=O)(=O)O.[H-].[Na+]. The summed E-state index contributed by atoms with van der Waals surface area (Å²) >= 11 is 0. The summed E-state index contributed by atoms with van der Waals surface area (Å²) in [6, 6.07) is 0. The topological polar surface area (TPSA) is 165 Å². The molecule has 3 atom stereocenters. The van der Waals surface area contributed by atoms with Crippen molar-refractivity contribution < 1.29 is 72.6 Å². The Hall–Kier alpha value is -1.21. The number of ether oxygens (including phenoxy) is 2. The van der Waals surface area contributed by atoms with E-state index in [0.717, 1.165) is 38.5 Å². The quantitative estimate of drug-likeness (QED) is 0.0370. The zero-order valence-electron chi connectivity index (χ0n) is 29.7. The van der Waals surface area contributed by atoms with Gasteiger partial charge in [-0.1, -0.05) is 117 Å². The minimum atomic E-state index is -5.02. The van der Waals surface area contributed by atoms with Crippen LogP contribution in [0.3, 0.4) is 0 Å². The van der Waals surface area contributed by atoms with Crippen molar-refractivity contribution in [3.8, 4) is 0 Å². The van der Waals surface area contributed by atoms with Crippen LogP contribution < -0.4 is 40.2 Å². The van der Waals surface area contributed by atoms with E-state index >= 15 is 0 Å². The summed E-state index contributed by atoms with van der Waals surface area (Å²) in [5.74, 6) is -3.20. The van der Waals surface area contributed by atoms with Crippen LogP contribution in [0.5, 0.6) is 0 Å². The van der Waals surface area contributed by atoms with Crippen LogP contribution in [-0.4, -0.2) is 54.4 Å². The number of unbranched alkanes of at least 4 members (excludes halogenated alkanes) is 16. The molecule has 0 aromatic heterocycles. The molecule has 0 fully saturated rings. The van der Waals surface area contributed by atoms with Gasteiger partial charge in [0.05, 0.1) is 6.42 Å². The molecule has 0 heterocycles. The largest absolute Gasteiger partial charge is 1.00 e. The fraction of sp³-hybridized carbons (Fsp3) is 0.875. The van der Waals surface area contributed by atoms with E-state index in [9.17, 15) is 32.1 Å². The Morgan fingerprint density at radius 2 is 0.956 bits per heavy atom. The van der Waals surface area contributed by atoms with Crippen LogP contribution in [0.4, 0.5) is 0 Å². The molecule has 0 bridgehead atoms. The van der Waals surface area contributed by atoms with Gasteiger partial charge in [0.15, 0.2) is 17.7 Å². The molecule has 2 amide bonds. The second-order valence-electron chi connectivity index (χ2n) is 11.7. The molecular formula is C32H61N2NaO9S. The van der Waals surface area contributed by atoms with E-state index < -0.39 is 46.2 Å². The molecule has 0 aliphatic rings. The van der Waals surface area contributed by atoms with Gasteiger partial charge in [0.1, 0.15) is 0 Å². The van der Waals surface area contributed by atoms with E-state index in [0.29, 0.717) is 12.8 Å². The van der Waals surface area contributed by atoms with Crippen LogP contribution in [-0.2, 0) is 38.8 Å². The molecule has 0 aliphatic carbocycles. The van der Waals surface area contributed by atoms with Crippen molar-refractivity contribution in [2.24, 2.45) is 0 Å². The molecule has 0 saturated carbocycles. The van der Waals surface area contributed by atoms with Crippen molar-refractivity contribution in [3.63, 3.8) is 0 Å². The molecule has 0 aromatic carbocycles. The third-order valence-corrected chi connectivity index (χ3v) is 8.40. The Bertz CT molecular complexity index is 925. The molecule has 0 saturated heterocycles. The summed E-state index contributed by atoms with van der Waals surface area (Å²) in [7, 11) is -5.02. The van der Waals surface area contributed by atoms with Gasteiger partial charge in [0.25, 0.3) is 10.1 Å². The van der Waals surface area contributed by atoms with Gasteiger partial charge in [-0.25, -0.2) is 0 Å². The van der Waals surface area contributed by atoms with Crippen molar-refractivity contribution in [3.05, 3.63) is 0 Å². The van der Waals surface area contributed by atoms with Crippen LogP contribution in [0, 0.1) is 0 Å². The second-order valence-corrected chi connectivity index (χ2v) is 13.3. The number of carbonyl (C=O) groups excluding carboxylic acids is 4. The predicted molar refractivity (Wildman–Crippen MR) is 172 cm³/mol. The minimum absolute atomic E-state index is 0. The van der Waals surface area contributed by atoms with E-state index in [1.165, 1.54) is 78.1 Å². The van der Waals surface area contributed by atoms with E-state index in [4.69, 9.17) is 9.47 Å². The normalized spacial score (nSPS) is 13.2. The fourth-order valence-electron chi connectivity index (χ4n) is 4.81. The summed E-state index contributed by atoms with van der Waals surface area (Å²) in [5, 5.41) is 2.74. The molecular weight excluding hydrogens is 611 g/mol. The molecule has 3 unspecified atom stereocenters. The summed E-state index contributed by atoms with van der Waals surface area (Å²) in [5.41, 5.74) is 0. The zero-order chi connectivity index (χ0) is 33.2. The fourth-order valence-corrected chi connectivity index (χ4v) is 5.45. The summed E-state index contributed by atoms with van der Waals surface area (Å²) in [4.78, 5) is 49.1. The molecule has 13 heteroatoms. The molecule has 260 valence electrons. The van der Waals surface area contributed by atoms with Gasteiger partial charge in [-0.05, 0) is 26.7 Å². The van der Waals surface area contributed by atoms with E-state index in [-0.39, 0.29) is 55.6 Å². The van der Waals surface area contributed by atoms with Crippen LogP contribution >= 0.6 is 0 Å². The van der Waals surface area contributed by atoms with Gasteiger partial charge >= 0.3 is 41.5 Å². The summed E-state index contributed by atoms with van der Waals surface area (Å²) < 4.78 is 43.2. The Morgan fingerprint density at radius 3 is 1.31 bits per heavy atom. The molecule has 11 nitrogen and oxygen atoms in total. The number of amides is 2. The van der Waals surface area contributed by atoms with Gasteiger partial charge in [0, 0.05) is 12.8 Å². The van der Waals surface area contributed by atoms with Gasteiger partial charge in [-0.3, -0.25) is 23.7 Å². The average Bonchev–Trinajstić information content (AvgIpc) is 2.93. The smallest absolute Gasteiger partial charge is 1.00 e. The maximum Gasteiger partial charge on any atom is 1.00 e. The van der Waals surface area contributed by atoms with Crippen molar-refractivity contribution >= 4 is 33.9 Å².